The number of hydrogen-bond acceptors (Lipinski definition) is 3. The highest BCUT2D eigenvalue weighted by Gasteiger charge is 2.16. The van der Waals surface area contributed by atoms with Crippen molar-refractivity contribution in [3.05, 3.63) is 100 Å². The van der Waals surface area contributed by atoms with Gasteiger partial charge in [0.05, 0.1) is 6.21 Å². The van der Waals surface area contributed by atoms with Crippen LogP contribution < -0.4 is 10.2 Å². The molecular weight excluding hydrogens is 410 g/mol. The molecule has 3 aromatic carbocycles. The van der Waals surface area contributed by atoms with E-state index in [-0.39, 0.29) is 5.91 Å². The van der Waals surface area contributed by atoms with Gasteiger partial charge in [-0.2, -0.15) is 5.10 Å². The van der Waals surface area contributed by atoms with E-state index >= 15 is 0 Å². The van der Waals surface area contributed by atoms with Gasteiger partial charge in [0.15, 0.2) is 0 Å². The Morgan fingerprint density at radius 1 is 1.06 bits per heavy atom. The number of hydrazone groups is 1. The molecule has 0 atom stereocenters. The average Bonchev–Trinajstić information content (AvgIpc) is 3.22. The van der Waals surface area contributed by atoms with E-state index in [1.807, 2.05) is 54.6 Å². The molecule has 33 heavy (non-hydrogen) atoms. The van der Waals surface area contributed by atoms with Gasteiger partial charge in [0.2, 0.25) is 0 Å². The van der Waals surface area contributed by atoms with E-state index in [4.69, 9.17) is 4.74 Å². The lowest BCUT2D eigenvalue weighted by atomic mass is 9.95. The van der Waals surface area contributed by atoms with Crippen molar-refractivity contribution in [2.24, 2.45) is 5.10 Å². The molecule has 0 bridgehead atoms. The summed E-state index contributed by atoms with van der Waals surface area (Å²) < 4.78 is 5.88. The summed E-state index contributed by atoms with van der Waals surface area (Å²) in [6.45, 7) is 2.61. The normalized spacial score (nSPS) is 13.2. The Labute approximate surface area is 193 Å². The van der Waals surface area contributed by atoms with E-state index in [1.165, 1.54) is 35.2 Å². The number of aromatic amines is 1. The summed E-state index contributed by atoms with van der Waals surface area (Å²) >= 11 is 0. The molecule has 0 saturated carbocycles. The predicted octanol–water partition coefficient (Wildman–Crippen LogP) is 5.70. The molecule has 166 valence electrons. The van der Waals surface area contributed by atoms with E-state index in [0.717, 1.165) is 35.1 Å². The van der Waals surface area contributed by atoms with Crippen molar-refractivity contribution >= 4 is 23.0 Å². The molecule has 0 aliphatic heterocycles. The Kier molecular flexibility index (Phi) is 5.94. The quantitative estimate of drug-likeness (QED) is 0.300. The number of carbonyl (C=O) groups is 1. The first kappa shape index (κ1) is 21.0. The number of fused-ring (bicyclic) bond motifs is 3. The van der Waals surface area contributed by atoms with Gasteiger partial charge in [0, 0.05) is 22.2 Å². The number of carbonyl (C=O) groups excluding carboxylic acids is 1. The van der Waals surface area contributed by atoms with Gasteiger partial charge in [-0.05, 0) is 97.3 Å². The van der Waals surface area contributed by atoms with E-state index in [9.17, 15) is 4.79 Å². The molecule has 0 saturated heterocycles. The number of rotatable bonds is 6. The third-order valence-electron chi connectivity index (χ3n) is 6.28. The molecule has 1 amide bonds. The molecule has 1 aliphatic carbocycles. The van der Waals surface area contributed by atoms with E-state index in [2.05, 4.69) is 34.6 Å². The molecule has 0 spiro atoms. The van der Waals surface area contributed by atoms with Crippen molar-refractivity contribution in [2.45, 2.75) is 39.2 Å². The van der Waals surface area contributed by atoms with Gasteiger partial charge in [-0.15, -0.1) is 0 Å². The van der Waals surface area contributed by atoms with Crippen LogP contribution >= 0.6 is 0 Å². The van der Waals surface area contributed by atoms with Crippen LogP contribution in [0.3, 0.4) is 0 Å². The number of amides is 1. The van der Waals surface area contributed by atoms with Crippen LogP contribution in [0.25, 0.3) is 10.9 Å². The van der Waals surface area contributed by atoms with Crippen LogP contribution in [0.15, 0.2) is 71.8 Å². The molecule has 1 aliphatic rings. The lowest BCUT2D eigenvalue weighted by molar-refractivity contribution is 0.0955. The Balaban J connectivity index is 1.19. The number of aryl methyl sites for hydroxylation is 3. The van der Waals surface area contributed by atoms with E-state index < -0.39 is 0 Å². The molecule has 5 rings (SSSR count). The average molecular weight is 438 g/mol. The molecule has 1 heterocycles. The largest absolute Gasteiger partial charge is 0.489 e. The molecule has 0 fully saturated rings. The van der Waals surface area contributed by atoms with Gasteiger partial charge in [0.25, 0.3) is 5.91 Å². The van der Waals surface area contributed by atoms with Crippen LogP contribution in [-0.2, 0) is 19.4 Å². The van der Waals surface area contributed by atoms with Crippen molar-refractivity contribution in [3.8, 4) is 5.75 Å². The SMILES string of the molecule is Cc1ccccc1COc1ccc(/C=N/NC(=O)c2ccc3[nH]c4c(c3c2)CCCC4)cc1. The summed E-state index contributed by atoms with van der Waals surface area (Å²) in [5, 5.41) is 5.29. The van der Waals surface area contributed by atoms with Crippen molar-refractivity contribution in [3.63, 3.8) is 0 Å². The second-order valence-corrected chi connectivity index (χ2v) is 8.53. The van der Waals surface area contributed by atoms with Gasteiger partial charge in [0.1, 0.15) is 12.4 Å². The number of nitrogens with zero attached hydrogens (tertiary/aromatic N) is 1. The molecular formula is C28H27N3O2. The second-order valence-electron chi connectivity index (χ2n) is 8.53. The van der Waals surface area contributed by atoms with Crippen molar-refractivity contribution < 1.29 is 9.53 Å². The minimum atomic E-state index is -0.211. The van der Waals surface area contributed by atoms with Gasteiger partial charge < -0.3 is 9.72 Å². The smallest absolute Gasteiger partial charge is 0.271 e. The Bertz CT molecular complexity index is 1320. The number of hydrogen-bond donors (Lipinski definition) is 2. The number of ether oxygens (including phenoxy) is 1. The number of nitrogens with one attached hydrogen (secondary N) is 2. The Morgan fingerprint density at radius 3 is 2.73 bits per heavy atom. The van der Waals surface area contributed by atoms with Crippen LogP contribution in [-0.4, -0.2) is 17.1 Å². The minimum absolute atomic E-state index is 0.211. The zero-order valence-corrected chi connectivity index (χ0v) is 18.7. The van der Waals surface area contributed by atoms with E-state index in [0.29, 0.717) is 12.2 Å². The van der Waals surface area contributed by atoms with Crippen molar-refractivity contribution in [1.82, 2.24) is 10.4 Å². The highest BCUT2D eigenvalue weighted by molar-refractivity contribution is 5.99. The monoisotopic (exact) mass is 437 g/mol. The first-order valence-corrected chi connectivity index (χ1v) is 11.4. The van der Waals surface area contributed by atoms with Crippen LogP contribution in [0.4, 0.5) is 0 Å². The maximum Gasteiger partial charge on any atom is 0.271 e. The van der Waals surface area contributed by atoms with Crippen LogP contribution in [0.2, 0.25) is 0 Å². The number of benzene rings is 3. The summed E-state index contributed by atoms with van der Waals surface area (Å²) in [5.74, 6) is 0.583. The predicted molar refractivity (Wildman–Crippen MR) is 132 cm³/mol. The molecule has 0 radical (unpaired) electrons. The van der Waals surface area contributed by atoms with E-state index in [1.54, 1.807) is 6.21 Å². The van der Waals surface area contributed by atoms with Crippen LogP contribution in [0, 0.1) is 6.92 Å². The Hall–Kier alpha value is -3.86. The lowest BCUT2D eigenvalue weighted by Crippen LogP contribution is -2.17. The first-order valence-electron chi connectivity index (χ1n) is 11.4. The fourth-order valence-corrected chi connectivity index (χ4v) is 4.36. The summed E-state index contributed by atoms with van der Waals surface area (Å²) in [6.07, 6.45) is 6.23. The number of aromatic nitrogens is 1. The minimum Gasteiger partial charge on any atom is -0.489 e. The van der Waals surface area contributed by atoms with Gasteiger partial charge in [-0.25, -0.2) is 5.43 Å². The summed E-state index contributed by atoms with van der Waals surface area (Å²) in [5.41, 5.74) is 10.3. The summed E-state index contributed by atoms with van der Waals surface area (Å²) in [7, 11) is 0. The third kappa shape index (κ3) is 4.67. The zero-order valence-electron chi connectivity index (χ0n) is 18.7. The molecule has 0 unspecified atom stereocenters. The standard InChI is InChI=1S/C28H27N3O2/c1-19-6-2-3-7-22(19)18-33-23-13-10-20(11-14-23)17-29-31-28(32)21-12-15-27-25(16-21)24-8-4-5-9-26(24)30-27/h2-3,6-7,10-17,30H,4-5,8-9,18H2,1H3,(H,31,32)/b29-17+. The summed E-state index contributed by atoms with van der Waals surface area (Å²) in [6, 6.07) is 21.6. The zero-order chi connectivity index (χ0) is 22.6. The number of H-pyrrole nitrogens is 1. The first-order chi connectivity index (χ1) is 16.2. The van der Waals surface area contributed by atoms with Crippen LogP contribution in [0.5, 0.6) is 5.75 Å². The maximum atomic E-state index is 12.6. The second kappa shape index (κ2) is 9.33. The highest BCUT2D eigenvalue weighted by atomic mass is 16.5. The van der Waals surface area contributed by atoms with Gasteiger partial charge >= 0.3 is 0 Å². The lowest BCUT2D eigenvalue weighted by Gasteiger charge is -2.10. The van der Waals surface area contributed by atoms with Gasteiger partial charge in [-0.1, -0.05) is 24.3 Å². The highest BCUT2D eigenvalue weighted by Crippen LogP contribution is 2.29. The van der Waals surface area contributed by atoms with Crippen molar-refractivity contribution in [2.75, 3.05) is 0 Å². The van der Waals surface area contributed by atoms with Crippen LogP contribution in [0.1, 0.15) is 51.1 Å². The maximum absolute atomic E-state index is 12.6. The van der Waals surface area contributed by atoms with Gasteiger partial charge in [-0.3, -0.25) is 4.79 Å². The molecule has 5 heteroatoms. The summed E-state index contributed by atoms with van der Waals surface area (Å²) in [4.78, 5) is 16.1. The fraction of sp³-hybridized carbons (Fsp3) is 0.214. The molecule has 4 aromatic rings. The Morgan fingerprint density at radius 2 is 1.88 bits per heavy atom. The van der Waals surface area contributed by atoms with Crippen molar-refractivity contribution in [1.29, 1.82) is 0 Å². The fourth-order valence-electron chi connectivity index (χ4n) is 4.36. The molecule has 2 N–H and O–H groups in total. The third-order valence-corrected chi connectivity index (χ3v) is 6.28. The topological polar surface area (TPSA) is 66.5 Å². The molecule has 1 aromatic heterocycles. The molecule has 5 nitrogen and oxygen atoms in total.